The molecule has 0 heterocycles. The van der Waals surface area contributed by atoms with Crippen LogP contribution in [0.4, 0.5) is 14.5 Å². The highest BCUT2D eigenvalue weighted by atomic mass is 19.1. The van der Waals surface area contributed by atoms with E-state index in [1.54, 1.807) is 6.92 Å². The monoisotopic (exact) mass is 343 g/mol. The number of nitro benzene ring substituents is 1. The molecule has 1 aromatic rings. The molecule has 0 bridgehead atoms. The van der Waals surface area contributed by atoms with Gasteiger partial charge in [-0.2, -0.15) is 4.39 Å². The van der Waals surface area contributed by atoms with Gasteiger partial charge in [0.05, 0.1) is 29.3 Å². The first-order chi connectivity index (χ1) is 11.3. The van der Waals surface area contributed by atoms with Crippen LogP contribution in [0, 0.1) is 28.7 Å². The van der Waals surface area contributed by atoms with Crippen molar-refractivity contribution in [3.63, 3.8) is 0 Å². The Morgan fingerprint density at radius 2 is 1.92 bits per heavy atom. The average molecular weight is 343 g/mol. The van der Waals surface area contributed by atoms with Gasteiger partial charge >= 0.3 is 11.7 Å². The van der Waals surface area contributed by atoms with Gasteiger partial charge in [0.15, 0.2) is 0 Å². The van der Waals surface area contributed by atoms with Crippen molar-refractivity contribution in [3.05, 3.63) is 50.8 Å². The Labute approximate surface area is 136 Å². The minimum absolute atomic E-state index is 0.0499. The number of nitrogens with zero attached hydrogens (tertiary/aromatic N) is 1. The number of nitro groups is 1. The lowest BCUT2D eigenvalue weighted by Gasteiger charge is -2.09. The van der Waals surface area contributed by atoms with Crippen molar-refractivity contribution >= 4 is 17.4 Å². The van der Waals surface area contributed by atoms with Crippen molar-refractivity contribution in [1.29, 1.82) is 0 Å². The summed E-state index contributed by atoms with van der Waals surface area (Å²) in [4.78, 5) is 33.8. The van der Waals surface area contributed by atoms with E-state index in [0.29, 0.717) is 6.07 Å². The van der Waals surface area contributed by atoms with Crippen LogP contribution in [0.25, 0.3) is 0 Å². The van der Waals surface area contributed by atoms with E-state index in [2.05, 4.69) is 4.74 Å². The minimum Gasteiger partial charge on any atom is -0.500 e. The zero-order valence-electron chi connectivity index (χ0n) is 13.2. The highest BCUT2D eigenvalue weighted by Gasteiger charge is 2.30. The molecule has 1 aromatic carbocycles. The molecule has 0 aliphatic heterocycles. The van der Waals surface area contributed by atoms with Gasteiger partial charge in [-0.05, 0) is 26.8 Å². The van der Waals surface area contributed by atoms with Gasteiger partial charge in [-0.25, -0.2) is 9.18 Å². The van der Waals surface area contributed by atoms with Gasteiger partial charge < -0.3 is 9.47 Å². The van der Waals surface area contributed by atoms with Crippen molar-refractivity contribution in [3.8, 4) is 0 Å². The highest BCUT2D eigenvalue weighted by molar-refractivity contribution is 6.24. The van der Waals surface area contributed by atoms with Gasteiger partial charge in [-0.1, -0.05) is 0 Å². The summed E-state index contributed by atoms with van der Waals surface area (Å²) < 4.78 is 37.6. The predicted molar refractivity (Wildman–Crippen MR) is 78.4 cm³/mol. The van der Waals surface area contributed by atoms with Crippen molar-refractivity contribution in [1.82, 2.24) is 0 Å². The van der Waals surface area contributed by atoms with Crippen LogP contribution in [0.2, 0.25) is 0 Å². The van der Waals surface area contributed by atoms with Gasteiger partial charge in [0.1, 0.15) is 17.7 Å². The van der Waals surface area contributed by atoms with E-state index in [-0.39, 0.29) is 13.2 Å². The van der Waals surface area contributed by atoms with Crippen molar-refractivity contribution < 1.29 is 32.8 Å². The molecule has 0 atom stereocenters. The molecular weight excluding hydrogens is 328 g/mol. The van der Waals surface area contributed by atoms with Crippen LogP contribution >= 0.6 is 0 Å². The molecule has 0 aromatic heterocycles. The third-order valence-corrected chi connectivity index (χ3v) is 2.95. The minimum atomic E-state index is -1.39. The van der Waals surface area contributed by atoms with E-state index in [4.69, 9.17) is 4.74 Å². The molecule has 24 heavy (non-hydrogen) atoms. The van der Waals surface area contributed by atoms with E-state index >= 15 is 0 Å². The number of carbonyl (C=O) groups excluding carboxylic acids is 2. The number of ether oxygens (including phenoxy) is 2. The highest BCUT2D eigenvalue weighted by Crippen LogP contribution is 2.28. The molecule has 0 spiro atoms. The van der Waals surface area contributed by atoms with Crippen LogP contribution in [0.1, 0.15) is 29.8 Å². The summed E-state index contributed by atoms with van der Waals surface area (Å²) in [6, 6.07) is 0.377. The first-order valence-electron chi connectivity index (χ1n) is 6.92. The fraction of sp³-hybridized carbons (Fsp3) is 0.333. The Morgan fingerprint density at radius 1 is 1.29 bits per heavy atom. The maximum absolute atomic E-state index is 14.3. The molecule has 0 saturated heterocycles. The lowest BCUT2D eigenvalue weighted by Crippen LogP contribution is -2.19. The fourth-order valence-corrected chi connectivity index (χ4v) is 1.85. The van der Waals surface area contributed by atoms with Crippen LogP contribution in [-0.2, 0) is 14.3 Å². The number of esters is 1. The quantitative estimate of drug-likeness (QED) is 0.110. The number of benzene rings is 1. The molecule has 7 nitrogen and oxygen atoms in total. The second-order valence-corrected chi connectivity index (χ2v) is 4.49. The Bertz CT molecular complexity index is 714. The molecule has 0 unspecified atom stereocenters. The number of carbonyl (C=O) groups is 2. The van der Waals surface area contributed by atoms with Gasteiger partial charge in [0.25, 0.3) is 0 Å². The SMILES string of the molecule is CCO/C=C(\C(=O)OCC)C(=O)c1cc(F)c([N+](=O)[O-])c(C)c1F. The van der Waals surface area contributed by atoms with Gasteiger partial charge in [0, 0.05) is 0 Å². The van der Waals surface area contributed by atoms with Crippen LogP contribution in [0.3, 0.4) is 0 Å². The molecule has 0 saturated carbocycles. The second kappa shape index (κ2) is 8.14. The number of hydrogen-bond acceptors (Lipinski definition) is 6. The summed E-state index contributed by atoms with van der Waals surface area (Å²) in [7, 11) is 0. The molecule has 0 aliphatic rings. The molecule has 0 aliphatic carbocycles. The summed E-state index contributed by atoms with van der Waals surface area (Å²) in [6.45, 7) is 4.11. The van der Waals surface area contributed by atoms with Gasteiger partial charge in [-0.15, -0.1) is 0 Å². The van der Waals surface area contributed by atoms with Crippen molar-refractivity contribution in [2.45, 2.75) is 20.8 Å². The number of hydrogen-bond donors (Lipinski definition) is 0. The van der Waals surface area contributed by atoms with E-state index < -0.39 is 50.7 Å². The Hall–Kier alpha value is -2.84. The first-order valence-corrected chi connectivity index (χ1v) is 6.92. The van der Waals surface area contributed by atoms with Crippen LogP contribution in [-0.4, -0.2) is 29.9 Å². The maximum atomic E-state index is 14.3. The van der Waals surface area contributed by atoms with E-state index in [1.807, 2.05) is 0 Å². The normalized spacial score (nSPS) is 11.1. The summed E-state index contributed by atoms with van der Waals surface area (Å²) in [5, 5.41) is 10.8. The second-order valence-electron chi connectivity index (χ2n) is 4.49. The summed E-state index contributed by atoms with van der Waals surface area (Å²) in [5.74, 6) is -4.95. The third kappa shape index (κ3) is 3.92. The number of halogens is 2. The van der Waals surface area contributed by atoms with E-state index in [0.717, 1.165) is 13.2 Å². The van der Waals surface area contributed by atoms with E-state index in [1.165, 1.54) is 6.92 Å². The number of Topliss-reactive ketones (excluding diaryl/α,β-unsaturated/α-hetero) is 1. The molecule has 0 fully saturated rings. The first kappa shape index (κ1) is 19.2. The van der Waals surface area contributed by atoms with E-state index in [9.17, 15) is 28.5 Å². The molecule has 130 valence electrons. The maximum Gasteiger partial charge on any atom is 0.345 e. The topological polar surface area (TPSA) is 95.7 Å². The zero-order chi connectivity index (χ0) is 18.4. The molecule has 0 amide bonds. The Balaban J connectivity index is 3.44. The summed E-state index contributed by atoms with van der Waals surface area (Å²) in [6.07, 6.45) is 0.786. The molecule has 0 radical (unpaired) electrons. The predicted octanol–water partition coefficient (Wildman–Crippen LogP) is 2.85. The largest absolute Gasteiger partial charge is 0.500 e. The van der Waals surface area contributed by atoms with Crippen molar-refractivity contribution in [2.24, 2.45) is 0 Å². The molecule has 9 heteroatoms. The lowest BCUT2D eigenvalue weighted by atomic mass is 10.00. The molecule has 0 N–H and O–H groups in total. The van der Waals surface area contributed by atoms with Crippen LogP contribution in [0.5, 0.6) is 0 Å². The average Bonchev–Trinajstić information content (AvgIpc) is 2.51. The Morgan fingerprint density at radius 3 is 2.42 bits per heavy atom. The Kier molecular flexibility index (Phi) is 6.51. The smallest absolute Gasteiger partial charge is 0.345 e. The van der Waals surface area contributed by atoms with Crippen molar-refractivity contribution in [2.75, 3.05) is 13.2 Å². The summed E-state index contributed by atoms with van der Waals surface area (Å²) >= 11 is 0. The molecular formula is C15H15F2NO6. The van der Waals surface area contributed by atoms with Gasteiger partial charge in [-0.3, -0.25) is 14.9 Å². The van der Waals surface area contributed by atoms with Crippen LogP contribution < -0.4 is 0 Å². The summed E-state index contributed by atoms with van der Waals surface area (Å²) in [5.41, 5.74) is -3.20. The number of ketones is 1. The lowest BCUT2D eigenvalue weighted by molar-refractivity contribution is -0.388. The molecule has 1 rings (SSSR count). The van der Waals surface area contributed by atoms with Crippen LogP contribution in [0.15, 0.2) is 17.9 Å². The standard InChI is InChI=1S/C15H15F2NO6/c1-4-23-7-10(15(20)24-5-2)14(19)9-6-11(16)13(18(21)22)8(3)12(9)17/h6-7H,4-5H2,1-3H3/b10-7-. The fourth-order valence-electron chi connectivity index (χ4n) is 1.85. The van der Waals surface area contributed by atoms with Gasteiger partial charge in [0.2, 0.25) is 11.6 Å². The zero-order valence-corrected chi connectivity index (χ0v) is 13.2. The third-order valence-electron chi connectivity index (χ3n) is 2.95. The number of rotatable bonds is 7.